The fourth-order valence-corrected chi connectivity index (χ4v) is 6.13. The Labute approximate surface area is 193 Å². The molecule has 4 nitrogen and oxygen atoms in total. The molecule has 1 aliphatic carbocycles. The number of hydrogen-bond acceptors (Lipinski definition) is 3. The summed E-state index contributed by atoms with van der Waals surface area (Å²) in [5.41, 5.74) is 3.48. The minimum atomic E-state index is -0.451. The van der Waals surface area contributed by atoms with Crippen LogP contribution in [0.5, 0.6) is 0 Å². The molecule has 2 amide bonds. The topological polar surface area (TPSA) is 49.4 Å². The molecule has 5 rings (SSSR count). The van der Waals surface area contributed by atoms with Crippen molar-refractivity contribution in [3.63, 3.8) is 0 Å². The van der Waals surface area contributed by atoms with E-state index >= 15 is 0 Å². The number of fused-ring (bicyclic) bond motifs is 1. The molecule has 164 valence electrons. The standard InChI is InChI=1S/C27H28N2O2S/c1-2-18-9-7-10-19(17-18)28-26(30)24-21-13-5-6-14-22(21)27(31)29(20-11-3-4-12-20)25(24)23-15-8-16-32-23/h5-10,13-17,20,24-25H,2-4,11-12H2,1H3,(H,28,30)/t24-,25+/m0/s1. The SMILES string of the molecule is CCc1cccc(NC(=O)[C@H]2c3ccccc3C(=O)N(C3CCCC3)[C@@H]2c2cccs2)c1. The molecule has 1 fully saturated rings. The van der Waals surface area contributed by atoms with Crippen molar-refractivity contribution >= 4 is 28.8 Å². The summed E-state index contributed by atoms with van der Waals surface area (Å²) in [7, 11) is 0. The molecule has 1 N–H and O–H groups in total. The van der Waals surface area contributed by atoms with Crippen LogP contribution < -0.4 is 5.32 Å². The molecular weight excluding hydrogens is 416 g/mol. The first kappa shape index (κ1) is 21.0. The van der Waals surface area contributed by atoms with Gasteiger partial charge in [0.05, 0.1) is 12.0 Å². The number of nitrogens with zero attached hydrogens (tertiary/aromatic N) is 1. The van der Waals surface area contributed by atoms with E-state index in [9.17, 15) is 9.59 Å². The van der Waals surface area contributed by atoms with E-state index in [1.165, 1.54) is 5.56 Å². The Hall–Kier alpha value is -2.92. The number of thiophene rings is 1. The number of anilines is 1. The molecule has 32 heavy (non-hydrogen) atoms. The second-order valence-corrected chi connectivity index (χ2v) is 9.70. The summed E-state index contributed by atoms with van der Waals surface area (Å²) in [6, 6.07) is 19.7. The molecule has 0 spiro atoms. The smallest absolute Gasteiger partial charge is 0.254 e. The predicted molar refractivity (Wildman–Crippen MR) is 129 cm³/mol. The van der Waals surface area contributed by atoms with Crippen LogP contribution in [0.25, 0.3) is 0 Å². The van der Waals surface area contributed by atoms with E-state index in [2.05, 4.69) is 24.4 Å². The van der Waals surface area contributed by atoms with Crippen LogP contribution in [-0.2, 0) is 11.2 Å². The van der Waals surface area contributed by atoms with Crippen LogP contribution in [0.1, 0.15) is 70.9 Å². The van der Waals surface area contributed by atoms with Gasteiger partial charge in [0.15, 0.2) is 0 Å². The monoisotopic (exact) mass is 444 g/mol. The molecule has 1 saturated carbocycles. The Bertz CT molecular complexity index is 1120. The molecule has 2 heterocycles. The highest BCUT2D eigenvalue weighted by atomic mass is 32.1. The molecule has 0 radical (unpaired) electrons. The minimum Gasteiger partial charge on any atom is -0.327 e. The second-order valence-electron chi connectivity index (χ2n) is 8.72. The molecule has 2 atom stereocenters. The first-order valence-electron chi connectivity index (χ1n) is 11.5. The van der Waals surface area contributed by atoms with Gasteiger partial charge in [-0.15, -0.1) is 11.3 Å². The lowest BCUT2D eigenvalue weighted by Crippen LogP contribution is -2.49. The Morgan fingerprint density at radius 2 is 1.88 bits per heavy atom. The molecule has 3 aromatic rings. The summed E-state index contributed by atoms with van der Waals surface area (Å²) in [5, 5.41) is 5.21. The first-order chi connectivity index (χ1) is 15.7. The van der Waals surface area contributed by atoms with Crippen LogP contribution >= 0.6 is 11.3 Å². The number of amides is 2. The van der Waals surface area contributed by atoms with Crippen molar-refractivity contribution in [2.75, 3.05) is 5.32 Å². The van der Waals surface area contributed by atoms with Crippen molar-refractivity contribution < 1.29 is 9.59 Å². The number of carbonyl (C=O) groups excluding carboxylic acids is 2. The third-order valence-corrected chi connectivity index (χ3v) is 7.76. The number of nitrogens with one attached hydrogen (secondary N) is 1. The maximum Gasteiger partial charge on any atom is 0.254 e. The number of benzene rings is 2. The van der Waals surface area contributed by atoms with Gasteiger partial charge in [-0.1, -0.05) is 56.2 Å². The summed E-state index contributed by atoms with van der Waals surface area (Å²) >= 11 is 1.63. The van der Waals surface area contributed by atoms with Crippen molar-refractivity contribution in [1.82, 2.24) is 4.90 Å². The molecule has 2 aliphatic rings. The van der Waals surface area contributed by atoms with Gasteiger partial charge in [-0.2, -0.15) is 0 Å². The van der Waals surface area contributed by atoms with E-state index in [4.69, 9.17) is 0 Å². The maximum absolute atomic E-state index is 13.9. The third kappa shape index (κ3) is 3.75. The summed E-state index contributed by atoms with van der Waals surface area (Å²) in [4.78, 5) is 30.7. The van der Waals surface area contributed by atoms with Gasteiger partial charge >= 0.3 is 0 Å². The van der Waals surface area contributed by atoms with E-state index in [1.807, 2.05) is 58.8 Å². The predicted octanol–water partition coefficient (Wildman–Crippen LogP) is 6.17. The highest BCUT2D eigenvalue weighted by molar-refractivity contribution is 7.10. The number of carbonyl (C=O) groups is 2. The fraction of sp³-hybridized carbons (Fsp3) is 0.333. The van der Waals surface area contributed by atoms with Crippen LogP contribution in [0.15, 0.2) is 66.0 Å². The normalized spacial score (nSPS) is 20.9. The van der Waals surface area contributed by atoms with Crippen molar-refractivity contribution in [3.8, 4) is 0 Å². The van der Waals surface area contributed by atoms with E-state index in [0.717, 1.165) is 48.2 Å². The Morgan fingerprint density at radius 1 is 1.06 bits per heavy atom. The lowest BCUT2D eigenvalue weighted by atomic mass is 9.80. The summed E-state index contributed by atoms with van der Waals surface area (Å²) < 4.78 is 0. The fourth-order valence-electron chi connectivity index (χ4n) is 5.27. The van der Waals surface area contributed by atoms with Crippen molar-refractivity contribution in [2.45, 2.75) is 57.0 Å². The largest absolute Gasteiger partial charge is 0.327 e. The highest BCUT2D eigenvalue weighted by Crippen LogP contribution is 2.47. The Balaban J connectivity index is 1.60. The van der Waals surface area contributed by atoms with Crippen molar-refractivity contribution in [3.05, 3.63) is 87.6 Å². The van der Waals surface area contributed by atoms with Crippen LogP contribution in [-0.4, -0.2) is 22.8 Å². The van der Waals surface area contributed by atoms with Crippen LogP contribution in [0.2, 0.25) is 0 Å². The van der Waals surface area contributed by atoms with Gasteiger partial charge < -0.3 is 10.2 Å². The molecule has 1 aromatic heterocycles. The van der Waals surface area contributed by atoms with E-state index in [0.29, 0.717) is 5.56 Å². The van der Waals surface area contributed by atoms with Gasteiger partial charge in [0.1, 0.15) is 0 Å². The zero-order valence-electron chi connectivity index (χ0n) is 18.3. The lowest BCUT2D eigenvalue weighted by molar-refractivity contribution is -0.119. The summed E-state index contributed by atoms with van der Waals surface area (Å²) in [6.45, 7) is 2.11. The molecule has 0 saturated heterocycles. The lowest BCUT2D eigenvalue weighted by Gasteiger charge is -2.44. The molecule has 0 bridgehead atoms. The highest BCUT2D eigenvalue weighted by Gasteiger charge is 2.47. The van der Waals surface area contributed by atoms with Crippen LogP contribution in [0, 0.1) is 0 Å². The first-order valence-corrected chi connectivity index (χ1v) is 12.4. The van der Waals surface area contributed by atoms with E-state index in [-0.39, 0.29) is 23.9 Å². The number of rotatable bonds is 5. The Morgan fingerprint density at radius 3 is 2.62 bits per heavy atom. The summed E-state index contributed by atoms with van der Waals surface area (Å²) in [6.07, 6.45) is 5.19. The van der Waals surface area contributed by atoms with Gasteiger partial charge in [-0.05, 0) is 60.0 Å². The zero-order chi connectivity index (χ0) is 22.1. The average molecular weight is 445 g/mol. The van der Waals surface area contributed by atoms with Gasteiger partial charge in [-0.3, -0.25) is 9.59 Å². The average Bonchev–Trinajstić information content (AvgIpc) is 3.53. The maximum atomic E-state index is 13.9. The molecule has 1 aliphatic heterocycles. The van der Waals surface area contributed by atoms with Crippen molar-refractivity contribution in [1.29, 1.82) is 0 Å². The Kier molecular flexibility index (Phi) is 5.83. The van der Waals surface area contributed by atoms with Crippen LogP contribution in [0.4, 0.5) is 5.69 Å². The van der Waals surface area contributed by atoms with Gasteiger partial charge in [0.2, 0.25) is 5.91 Å². The van der Waals surface area contributed by atoms with Gasteiger partial charge in [0, 0.05) is 22.2 Å². The number of hydrogen-bond donors (Lipinski definition) is 1. The number of aryl methyl sites for hydroxylation is 1. The van der Waals surface area contributed by atoms with Crippen LogP contribution in [0.3, 0.4) is 0 Å². The molecule has 2 aromatic carbocycles. The van der Waals surface area contributed by atoms with Crippen molar-refractivity contribution in [2.24, 2.45) is 0 Å². The molecular formula is C27H28N2O2S. The van der Waals surface area contributed by atoms with E-state index < -0.39 is 5.92 Å². The molecule has 0 unspecified atom stereocenters. The minimum absolute atomic E-state index is 0.0559. The second kappa shape index (κ2) is 8.91. The summed E-state index contributed by atoms with van der Waals surface area (Å²) in [5.74, 6) is -0.448. The quantitative estimate of drug-likeness (QED) is 0.511. The van der Waals surface area contributed by atoms with Gasteiger partial charge in [0.25, 0.3) is 5.91 Å². The zero-order valence-corrected chi connectivity index (χ0v) is 19.1. The molecule has 5 heteroatoms. The van der Waals surface area contributed by atoms with E-state index in [1.54, 1.807) is 11.3 Å². The van der Waals surface area contributed by atoms with Gasteiger partial charge in [-0.25, -0.2) is 0 Å². The third-order valence-electron chi connectivity index (χ3n) is 6.81.